The Morgan fingerprint density at radius 1 is 0.345 bits per heavy atom. The molecule has 274 valence electrons. The number of nitrogens with zero attached hydrogens (tertiary/aromatic N) is 3. The highest BCUT2D eigenvalue weighted by molar-refractivity contribution is 7.26. The molecular weight excluding hydrogens is 723 g/mol. The van der Waals surface area contributed by atoms with Gasteiger partial charge in [-0.2, -0.15) is 0 Å². The van der Waals surface area contributed by atoms with E-state index in [2.05, 4.69) is 184 Å². The summed E-state index contributed by atoms with van der Waals surface area (Å²) in [6, 6.07) is 67.3. The van der Waals surface area contributed by atoms with Gasteiger partial charge in [-0.15, -0.1) is 11.3 Å². The van der Waals surface area contributed by atoms with Gasteiger partial charge in [-0.3, -0.25) is 0 Å². The number of aromatic nitrogens is 3. The van der Waals surface area contributed by atoms with Gasteiger partial charge in [0.25, 0.3) is 0 Å². The van der Waals surface area contributed by atoms with Gasteiger partial charge in [-0.05, 0) is 86.0 Å². The Labute approximate surface area is 342 Å². The molecule has 10 aromatic rings. The minimum atomic E-state index is -0.0340. The van der Waals surface area contributed by atoms with Crippen LogP contribution in [0.3, 0.4) is 0 Å². The lowest BCUT2D eigenvalue weighted by Gasteiger charge is -2.21. The zero-order valence-corrected chi connectivity index (χ0v) is 33.0. The first-order valence-corrected chi connectivity index (χ1v) is 20.6. The molecule has 11 rings (SSSR count). The Morgan fingerprint density at radius 3 is 1.66 bits per heavy atom. The van der Waals surface area contributed by atoms with E-state index in [1.807, 2.05) is 29.5 Å². The third kappa shape index (κ3) is 5.76. The zero-order chi connectivity index (χ0) is 38.8. The van der Waals surface area contributed by atoms with Gasteiger partial charge < -0.3 is 0 Å². The third-order valence-electron chi connectivity index (χ3n) is 11.8. The average Bonchev–Trinajstić information content (AvgIpc) is 3.78. The van der Waals surface area contributed by atoms with Crippen molar-refractivity contribution in [2.24, 2.45) is 0 Å². The summed E-state index contributed by atoms with van der Waals surface area (Å²) in [5, 5.41) is 2.36. The molecule has 0 saturated carbocycles. The van der Waals surface area contributed by atoms with E-state index in [1.54, 1.807) is 0 Å². The molecule has 0 amide bonds. The van der Waals surface area contributed by atoms with Crippen molar-refractivity contribution in [2.75, 3.05) is 0 Å². The van der Waals surface area contributed by atoms with Crippen LogP contribution in [-0.2, 0) is 5.41 Å². The monoisotopic (exact) mass is 759 g/mol. The Bertz CT molecular complexity index is 3180. The van der Waals surface area contributed by atoms with Crippen molar-refractivity contribution in [2.45, 2.75) is 19.3 Å². The first-order chi connectivity index (χ1) is 28.5. The fourth-order valence-electron chi connectivity index (χ4n) is 8.76. The molecule has 0 bridgehead atoms. The summed E-state index contributed by atoms with van der Waals surface area (Å²) < 4.78 is 2.44. The van der Waals surface area contributed by atoms with E-state index in [-0.39, 0.29) is 5.41 Å². The van der Waals surface area contributed by atoms with Crippen molar-refractivity contribution in [3.05, 3.63) is 199 Å². The SMILES string of the molecule is CC1(C)c2ccccc2-c2cc(-c3cccc(-c4nc(-c5ccccc5)nc(-c5cccc6sc7ccc(-c8ccc(-c9ccccc9)cc8)cc7c56)n4)c3)ccc21. The topological polar surface area (TPSA) is 38.7 Å². The van der Waals surface area contributed by atoms with E-state index >= 15 is 0 Å². The normalized spacial score (nSPS) is 12.8. The van der Waals surface area contributed by atoms with Gasteiger partial charge in [0.15, 0.2) is 17.5 Å². The highest BCUT2D eigenvalue weighted by Crippen LogP contribution is 2.49. The van der Waals surface area contributed by atoms with Crippen molar-refractivity contribution < 1.29 is 0 Å². The molecule has 1 aliphatic rings. The smallest absolute Gasteiger partial charge is 0.164 e. The fraction of sp³-hybridized carbons (Fsp3) is 0.0556. The molecule has 0 saturated heterocycles. The van der Waals surface area contributed by atoms with Gasteiger partial charge >= 0.3 is 0 Å². The van der Waals surface area contributed by atoms with Gasteiger partial charge in [0.2, 0.25) is 0 Å². The van der Waals surface area contributed by atoms with Crippen molar-refractivity contribution in [1.29, 1.82) is 0 Å². The van der Waals surface area contributed by atoms with Crippen LogP contribution in [0.25, 0.3) is 98.8 Å². The number of thiophene rings is 1. The van der Waals surface area contributed by atoms with Crippen LogP contribution in [0.15, 0.2) is 188 Å². The molecule has 0 radical (unpaired) electrons. The van der Waals surface area contributed by atoms with Crippen molar-refractivity contribution in [3.63, 3.8) is 0 Å². The quantitative estimate of drug-likeness (QED) is 0.169. The summed E-state index contributed by atoms with van der Waals surface area (Å²) >= 11 is 1.81. The molecule has 0 N–H and O–H groups in total. The number of hydrogen-bond acceptors (Lipinski definition) is 4. The maximum Gasteiger partial charge on any atom is 0.164 e. The first-order valence-electron chi connectivity index (χ1n) is 19.8. The number of fused-ring (bicyclic) bond motifs is 6. The third-order valence-corrected chi connectivity index (χ3v) is 12.9. The van der Waals surface area contributed by atoms with Gasteiger partial charge in [0.1, 0.15) is 0 Å². The largest absolute Gasteiger partial charge is 0.208 e. The Kier molecular flexibility index (Phi) is 8.02. The molecule has 58 heavy (non-hydrogen) atoms. The Morgan fingerprint density at radius 2 is 0.862 bits per heavy atom. The van der Waals surface area contributed by atoms with Crippen molar-refractivity contribution in [1.82, 2.24) is 15.0 Å². The summed E-state index contributed by atoms with van der Waals surface area (Å²) in [5.74, 6) is 1.96. The predicted molar refractivity (Wildman–Crippen MR) is 243 cm³/mol. The number of hydrogen-bond donors (Lipinski definition) is 0. The second-order valence-electron chi connectivity index (χ2n) is 15.6. The molecule has 4 heteroatoms. The van der Waals surface area contributed by atoms with Gasteiger partial charge in [0.05, 0.1) is 0 Å². The molecule has 0 fully saturated rings. The average molecular weight is 760 g/mol. The highest BCUT2D eigenvalue weighted by Gasteiger charge is 2.35. The van der Waals surface area contributed by atoms with Crippen LogP contribution in [-0.4, -0.2) is 15.0 Å². The molecule has 0 unspecified atom stereocenters. The van der Waals surface area contributed by atoms with E-state index in [4.69, 9.17) is 15.0 Å². The van der Waals surface area contributed by atoms with Crippen LogP contribution < -0.4 is 0 Å². The maximum atomic E-state index is 5.28. The van der Waals surface area contributed by atoms with E-state index in [0.29, 0.717) is 17.5 Å². The number of rotatable bonds is 6. The molecular formula is C54H37N3S. The molecule has 0 aliphatic heterocycles. The van der Waals surface area contributed by atoms with E-state index in [1.165, 1.54) is 64.9 Å². The molecule has 2 heterocycles. The van der Waals surface area contributed by atoms with Crippen LogP contribution >= 0.6 is 11.3 Å². The maximum absolute atomic E-state index is 5.28. The molecule has 8 aromatic carbocycles. The minimum Gasteiger partial charge on any atom is -0.208 e. The van der Waals surface area contributed by atoms with Crippen molar-refractivity contribution in [3.8, 4) is 78.7 Å². The van der Waals surface area contributed by atoms with Crippen LogP contribution in [0.1, 0.15) is 25.0 Å². The van der Waals surface area contributed by atoms with Gasteiger partial charge in [-0.25, -0.2) is 15.0 Å². The lowest BCUT2D eigenvalue weighted by Crippen LogP contribution is -2.14. The lowest BCUT2D eigenvalue weighted by molar-refractivity contribution is 0.660. The van der Waals surface area contributed by atoms with Crippen LogP contribution in [0.4, 0.5) is 0 Å². The predicted octanol–water partition coefficient (Wildman–Crippen LogP) is 14.5. The Balaban J connectivity index is 1.03. The molecule has 0 spiro atoms. The minimum absolute atomic E-state index is 0.0340. The first kappa shape index (κ1) is 34.3. The second kappa shape index (κ2) is 13.6. The van der Waals surface area contributed by atoms with Crippen LogP contribution in [0.5, 0.6) is 0 Å². The second-order valence-corrected chi connectivity index (χ2v) is 16.7. The standard InChI is InChI=1S/C54H37N3S/c1-54(2)46-21-10-9-19-42(46)44-32-40(27-29-47(44)54)38-17-11-18-41(31-38)52-55-51(37-15-7-4-8-16-37)56-53(57-52)43-20-12-22-49-50(43)45-33-39(28-30-48(45)58-49)36-25-23-35(24-26-36)34-13-5-3-6-14-34/h3-33H,1-2H3. The summed E-state index contributed by atoms with van der Waals surface area (Å²) in [5.41, 5.74) is 15.3. The van der Waals surface area contributed by atoms with E-state index in [0.717, 1.165) is 27.6 Å². The van der Waals surface area contributed by atoms with E-state index < -0.39 is 0 Å². The van der Waals surface area contributed by atoms with Crippen LogP contribution in [0.2, 0.25) is 0 Å². The zero-order valence-electron chi connectivity index (χ0n) is 32.1. The molecule has 1 aliphatic carbocycles. The van der Waals surface area contributed by atoms with Crippen LogP contribution in [0, 0.1) is 0 Å². The van der Waals surface area contributed by atoms with Crippen molar-refractivity contribution >= 4 is 31.5 Å². The fourth-order valence-corrected chi connectivity index (χ4v) is 9.87. The highest BCUT2D eigenvalue weighted by atomic mass is 32.1. The summed E-state index contributed by atoms with van der Waals surface area (Å²) in [6.45, 7) is 4.65. The van der Waals surface area contributed by atoms with Gasteiger partial charge in [-0.1, -0.05) is 172 Å². The summed E-state index contributed by atoms with van der Waals surface area (Å²) in [6.07, 6.45) is 0. The Hall–Kier alpha value is -7.01. The molecule has 2 aromatic heterocycles. The molecule has 3 nitrogen and oxygen atoms in total. The van der Waals surface area contributed by atoms with Gasteiger partial charge in [0, 0.05) is 42.3 Å². The molecule has 0 atom stereocenters. The number of benzene rings is 8. The van der Waals surface area contributed by atoms with E-state index in [9.17, 15) is 0 Å². The lowest BCUT2D eigenvalue weighted by atomic mass is 9.82. The summed E-state index contributed by atoms with van der Waals surface area (Å²) in [4.78, 5) is 15.6. The summed E-state index contributed by atoms with van der Waals surface area (Å²) in [7, 11) is 0.